The average Bonchev–Trinajstić information content (AvgIpc) is 3.17. The molecule has 1 aliphatic rings. The lowest BCUT2D eigenvalue weighted by Gasteiger charge is -2.26. The summed E-state index contributed by atoms with van der Waals surface area (Å²) in [6.07, 6.45) is -0.907. The maximum absolute atomic E-state index is 12.6. The van der Waals surface area contributed by atoms with Crippen LogP contribution in [0.3, 0.4) is 0 Å². The van der Waals surface area contributed by atoms with E-state index >= 15 is 0 Å². The third kappa shape index (κ3) is 5.32. The molecule has 34 heavy (non-hydrogen) atoms. The number of hydrogen-bond acceptors (Lipinski definition) is 8. The van der Waals surface area contributed by atoms with Crippen LogP contribution in [0.5, 0.6) is 5.75 Å². The Labute approximate surface area is 196 Å². The van der Waals surface area contributed by atoms with Gasteiger partial charge in [-0.1, -0.05) is 6.07 Å². The molecule has 1 saturated heterocycles. The molecule has 1 aromatic carbocycles. The highest BCUT2D eigenvalue weighted by Crippen LogP contribution is 2.18. The van der Waals surface area contributed by atoms with Gasteiger partial charge in [-0.05, 0) is 37.1 Å². The predicted molar refractivity (Wildman–Crippen MR) is 129 cm³/mol. The van der Waals surface area contributed by atoms with E-state index in [0.29, 0.717) is 31.5 Å². The number of benzene rings is 1. The van der Waals surface area contributed by atoms with Gasteiger partial charge < -0.3 is 24.5 Å². The molecule has 11 heteroatoms. The Morgan fingerprint density at radius 2 is 2.00 bits per heavy atom. The minimum atomic E-state index is -0.907. The minimum Gasteiger partial charge on any atom is -0.491 e. The Hall–Kier alpha value is -3.15. The molecule has 0 spiro atoms. The first-order chi connectivity index (χ1) is 16.3. The normalized spacial score (nSPS) is 15.5. The number of aryl methyl sites for hydroxylation is 3. The molecule has 11 nitrogen and oxygen atoms in total. The van der Waals surface area contributed by atoms with Crippen LogP contribution >= 0.6 is 0 Å². The first-order valence-electron chi connectivity index (χ1n) is 11.4. The van der Waals surface area contributed by atoms with E-state index in [0.717, 1.165) is 30.8 Å². The zero-order valence-corrected chi connectivity index (χ0v) is 19.8. The number of aromatic amines is 1. The number of aliphatic hydroxyl groups excluding tert-OH is 1. The number of aliphatic hydroxyl groups is 1. The number of fused-ring (bicyclic) bond motifs is 1. The summed E-state index contributed by atoms with van der Waals surface area (Å²) >= 11 is 0. The van der Waals surface area contributed by atoms with Crippen molar-refractivity contribution in [3.05, 3.63) is 50.2 Å². The van der Waals surface area contributed by atoms with Gasteiger partial charge >= 0.3 is 5.69 Å². The molecule has 0 aliphatic carbocycles. The summed E-state index contributed by atoms with van der Waals surface area (Å²) < 4.78 is 14.1. The van der Waals surface area contributed by atoms with Crippen molar-refractivity contribution in [3.63, 3.8) is 0 Å². The number of aromatic nitrogens is 4. The van der Waals surface area contributed by atoms with Gasteiger partial charge in [-0.15, -0.1) is 0 Å². The quantitative estimate of drug-likeness (QED) is 0.404. The highest BCUT2D eigenvalue weighted by Gasteiger charge is 2.20. The average molecular weight is 473 g/mol. The molecule has 0 radical (unpaired) electrons. The summed E-state index contributed by atoms with van der Waals surface area (Å²) in [7, 11) is 1.55. The van der Waals surface area contributed by atoms with Crippen LogP contribution in [0.25, 0.3) is 11.2 Å². The van der Waals surface area contributed by atoms with Crippen LogP contribution in [0.2, 0.25) is 0 Å². The fourth-order valence-electron chi connectivity index (χ4n) is 3.96. The van der Waals surface area contributed by atoms with Crippen LogP contribution in [-0.2, 0) is 18.3 Å². The molecular weight excluding hydrogens is 440 g/mol. The van der Waals surface area contributed by atoms with Gasteiger partial charge in [-0.2, -0.15) is 4.98 Å². The zero-order valence-electron chi connectivity index (χ0n) is 19.8. The van der Waals surface area contributed by atoms with Crippen LogP contribution in [-0.4, -0.2) is 81.2 Å². The number of nitrogens with one attached hydrogen (secondary N) is 2. The summed E-state index contributed by atoms with van der Waals surface area (Å²) in [5, 5.41) is 14.0. The van der Waals surface area contributed by atoms with Crippen molar-refractivity contribution in [2.75, 3.05) is 51.3 Å². The Bertz CT molecular complexity index is 1260. The fourth-order valence-corrected chi connectivity index (χ4v) is 3.96. The molecule has 1 aliphatic heterocycles. The molecule has 3 aromatic rings. The minimum absolute atomic E-state index is 0.0407. The fraction of sp³-hybridized carbons (Fsp3) is 0.522. The molecule has 0 amide bonds. The number of morpholine rings is 1. The van der Waals surface area contributed by atoms with Gasteiger partial charge in [0.2, 0.25) is 5.95 Å². The summed E-state index contributed by atoms with van der Waals surface area (Å²) in [4.78, 5) is 33.8. The predicted octanol–water partition coefficient (Wildman–Crippen LogP) is 0.224. The molecule has 4 rings (SSSR count). The van der Waals surface area contributed by atoms with E-state index in [1.165, 1.54) is 4.57 Å². The van der Waals surface area contributed by atoms with Crippen LogP contribution in [0.4, 0.5) is 5.95 Å². The summed E-state index contributed by atoms with van der Waals surface area (Å²) in [6, 6.07) is 5.76. The summed E-state index contributed by atoms with van der Waals surface area (Å²) in [5.74, 6) is 1.09. The Morgan fingerprint density at radius 3 is 2.74 bits per heavy atom. The second kappa shape index (κ2) is 10.4. The molecule has 1 unspecified atom stereocenters. The van der Waals surface area contributed by atoms with Gasteiger partial charge in [0.15, 0.2) is 11.2 Å². The van der Waals surface area contributed by atoms with Crippen molar-refractivity contribution in [2.45, 2.75) is 26.5 Å². The molecule has 1 fully saturated rings. The number of imidazole rings is 1. The van der Waals surface area contributed by atoms with Crippen molar-refractivity contribution in [3.8, 4) is 5.75 Å². The molecule has 3 heterocycles. The number of ether oxygens (including phenoxy) is 2. The van der Waals surface area contributed by atoms with Crippen molar-refractivity contribution >= 4 is 17.1 Å². The van der Waals surface area contributed by atoms with Crippen LogP contribution in [0.1, 0.15) is 11.1 Å². The molecule has 0 saturated carbocycles. The van der Waals surface area contributed by atoms with E-state index in [4.69, 9.17) is 9.47 Å². The first-order valence-corrected chi connectivity index (χ1v) is 11.4. The Morgan fingerprint density at radius 1 is 1.24 bits per heavy atom. The van der Waals surface area contributed by atoms with E-state index in [1.54, 1.807) is 11.6 Å². The second-order valence-corrected chi connectivity index (χ2v) is 8.63. The van der Waals surface area contributed by atoms with E-state index in [1.807, 2.05) is 32.0 Å². The topological polar surface area (TPSA) is 127 Å². The van der Waals surface area contributed by atoms with Crippen molar-refractivity contribution in [2.24, 2.45) is 7.05 Å². The molecular formula is C23H32N6O5. The first kappa shape index (κ1) is 24.0. The molecule has 184 valence electrons. The summed E-state index contributed by atoms with van der Waals surface area (Å²) in [6.45, 7) is 8.65. The smallest absolute Gasteiger partial charge is 0.329 e. The Balaban J connectivity index is 1.52. The second-order valence-electron chi connectivity index (χ2n) is 8.63. The largest absolute Gasteiger partial charge is 0.491 e. The van der Waals surface area contributed by atoms with E-state index < -0.39 is 17.4 Å². The number of hydrogen-bond donors (Lipinski definition) is 3. The van der Waals surface area contributed by atoms with Crippen molar-refractivity contribution in [1.29, 1.82) is 0 Å². The van der Waals surface area contributed by atoms with Crippen molar-refractivity contribution in [1.82, 2.24) is 24.0 Å². The van der Waals surface area contributed by atoms with E-state index in [2.05, 4.69) is 20.2 Å². The van der Waals surface area contributed by atoms with Gasteiger partial charge in [-0.25, -0.2) is 4.79 Å². The summed E-state index contributed by atoms with van der Waals surface area (Å²) in [5.41, 5.74) is 1.66. The highest BCUT2D eigenvalue weighted by molar-refractivity contribution is 5.74. The van der Waals surface area contributed by atoms with Crippen LogP contribution < -0.4 is 21.3 Å². The van der Waals surface area contributed by atoms with Gasteiger partial charge in [0.1, 0.15) is 18.5 Å². The SMILES string of the molecule is Cc1ccc(OCC(O)Cn2c(NCCN3CCOCC3)nc3c2c(=O)[nH]c(=O)n3C)cc1C. The molecule has 0 bridgehead atoms. The van der Waals surface area contributed by atoms with Crippen LogP contribution in [0.15, 0.2) is 27.8 Å². The van der Waals surface area contributed by atoms with Crippen LogP contribution in [0, 0.1) is 13.8 Å². The lowest BCUT2D eigenvalue weighted by atomic mass is 10.1. The monoisotopic (exact) mass is 472 g/mol. The third-order valence-electron chi connectivity index (χ3n) is 6.14. The van der Waals surface area contributed by atoms with E-state index in [9.17, 15) is 14.7 Å². The molecule has 3 N–H and O–H groups in total. The number of rotatable bonds is 9. The lowest BCUT2D eigenvalue weighted by molar-refractivity contribution is 0.0398. The number of H-pyrrole nitrogens is 1. The Kier molecular flexibility index (Phi) is 7.35. The molecule has 2 aromatic heterocycles. The van der Waals surface area contributed by atoms with Gasteiger partial charge in [0.25, 0.3) is 5.56 Å². The van der Waals surface area contributed by atoms with Crippen molar-refractivity contribution < 1.29 is 14.6 Å². The van der Waals surface area contributed by atoms with E-state index in [-0.39, 0.29) is 24.3 Å². The highest BCUT2D eigenvalue weighted by atomic mass is 16.5. The lowest BCUT2D eigenvalue weighted by Crippen LogP contribution is -2.39. The number of nitrogens with zero attached hydrogens (tertiary/aromatic N) is 4. The van der Waals surface area contributed by atoms with Gasteiger partial charge in [0.05, 0.1) is 19.8 Å². The van der Waals surface area contributed by atoms with Gasteiger partial charge in [-0.3, -0.25) is 19.2 Å². The number of anilines is 1. The maximum atomic E-state index is 12.6. The third-order valence-corrected chi connectivity index (χ3v) is 6.14. The molecule has 1 atom stereocenters. The zero-order chi connectivity index (χ0) is 24.2. The van der Waals surface area contributed by atoms with Gasteiger partial charge in [0, 0.05) is 33.2 Å². The standard InChI is InChI=1S/C23H32N6O5/c1-15-4-5-18(12-16(15)2)34-14-17(30)13-29-19-20(27(3)23(32)26-21(19)31)25-22(29)24-6-7-28-8-10-33-11-9-28/h4-5,12,17,30H,6-11,13-14H2,1-3H3,(H,24,25)(H,26,31,32). The maximum Gasteiger partial charge on any atom is 0.329 e.